The number of aliphatic imine (C=N–C) groups is 1. The van der Waals surface area contributed by atoms with Gasteiger partial charge in [0.25, 0.3) is 0 Å². The Bertz CT molecular complexity index is 2380. The third-order valence-corrected chi connectivity index (χ3v) is 10.7. The first-order valence-corrected chi connectivity index (χ1v) is 21.1. The molecular formula is C52H53N5O7. The summed E-state index contributed by atoms with van der Waals surface area (Å²) in [5, 5.41) is 3.15. The molecule has 12 heteroatoms. The van der Waals surface area contributed by atoms with Crippen molar-refractivity contribution in [1.29, 1.82) is 0 Å². The van der Waals surface area contributed by atoms with Crippen LogP contribution in [0.15, 0.2) is 181 Å². The Kier molecular flexibility index (Phi) is 16.8. The first-order valence-electron chi connectivity index (χ1n) is 21.1. The molecule has 0 aromatic heterocycles. The molecule has 0 aliphatic rings. The molecule has 4 amide bonds. The number of hydrogen-bond acceptors (Lipinski definition) is 7. The van der Waals surface area contributed by atoms with Crippen LogP contribution in [0.5, 0.6) is 5.75 Å². The number of nitrogens with two attached hydrogens (primary N) is 1. The van der Waals surface area contributed by atoms with Gasteiger partial charge in [0, 0.05) is 13.1 Å². The van der Waals surface area contributed by atoms with Gasteiger partial charge in [-0.15, -0.1) is 4.99 Å². The predicted molar refractivity (Wildman–Crippen MR) is 246 cm³/mol. The van der Waals surface area contributed by atoms with Crippen LogP contribution >= 0.6 is 0 Å². The van der Waals surface area contributed by atoms with Gasteiger partial charge < -0.3 is 30.2 Å². The molecule has 0 saturated heterocycles. The number of ether oxygens (including phenoxy) is 3. The van der Waals surface area contributed by atoms with E-state index in [1.54, 1.807) is 24.1 Å². The van der Waals surface area contributed by atoms with Gasteiger partial charge in [-0.3, -0.25) is 9.59 Å². The highest BCUT2D eigenvalue weighted by Gasteiger charge is 2.38. The van der Waals surface area contributed by atoms with Crippen LogP contribution in [-0.2, 0) is 38.8 Å². The molecule has 2 atom stereocenters. The van der Waals surface area contributed by atoms with Crippen molar-refractivity contribution in [2.45, 2.75) is 57.5 Å². The van der Waals surface area contributed by atoms with Crippen molar-refractivity contribution in [2.24, 2.45) is 10.7 Å². The third-order valence-electron chi connectivity index (χ3n) is 10.7. The van der Waals surface area contributed by atoms with Crippen molar-refractivity contribution in [3.05, 3.63) is 209 Å². The van der Waals surface area contributed by atoms with Crippen LogP contribution < -0.4 is 15.8 Å². The van der Waals surface area contributed by atoms with E-state index in [0.717, 1.165) is 33.4 Å². The minimum atomic E-state index is -1.14. The zero-order chi connectivity index (χ0) is 45.1. The second kappa shape index (κ2) is 23.5. The van der Waals surface area contributed by atoms with Crippen molar-refractivity contribution >= 4 is 30.0 Å². The number of hydrogen-bond donors (Lipinski definition) is 2. The summed E-state index contributed by atoms with van der Waals surface area (Å²) in [5.41, 5.74) is 10.9. The minimum absolute atomic E-state index is 0.0325. The van der Waals surface area contributed by atoms with Crippen LogP contribution in [0.4, 0.5) is 9.59 Å². The van der Waals surface area contributed by atoms with Crippen LogP contribution in [0.1, 0.15) is 65.1 Å². The van der Waals surface area contributed by atoms with E-state index >= 15 is 4.79 Å². The standard InChI is InChI=1S/C52H53N5O7/c1-38(42-30-32-45(62-2)33-31-42)57(49(59)47(43-25-14-6-15-26-43)44-27-16-7-17-28-44)46(48(53)58)29-18-34-56(52(61)64-37-41-23-12-5-13-24-41)50(54-35-39-19-8-3-9-20-39)55-51(60)63-36-40-21-10-4-11-22-40/h3-17,19-28,30-33,38,46-47H,18,29,34-37H2,1-2H3,(H2,53,58)(H,54,55,60)/t38-,46-/m1/s1. The molecule has 12 nitrogen and oxygen atoms in total. The maximum Gasteiger partial charge on any atom is 0.437 e. The molecule has 3 N–H and O–H groups in total. The van der Waals surface area contributed by atoms with Crippen molar-refractivity contribution < 1.29 is 33.4 Å². The van der Waals surface area contributed by atoms with Crippen molar-refractivity contribution in [3.63, 3.8) is 0 Å². The van der Waals surface area contributed by atoms with E-state index in [4.69, 9.17) is 19.9 Å². The summed E-state index contributed by atoms with van der Waals surface area (Å²) in [4.78, 5) is 63.7. The van der Waals surface area contributed by atoms with E-state index in [9.17, 15) is 14.4 Å². The lowest BCUT2D eigenvalue weighted by atomic mass is 9.88. The lowest BCUT2D eigenvalue weighted by Crippen LogP contribution is -2.51. The van der Waals surface area contributed by atoms with Crippen LogP contribution in [0, 0.1) is 0 Å². The third kappa shape index (κ3) is 12.9. The van der Waals surface area contributed by atoms with E-state index in [1.165, 1.54) is 4.90 Å². The number of rotatable bonds is 18. The second-order valence-electron chi connectivity index (χ2n) is 15.0. The Hall–Kier alpha value is -7.73. The predicted octanol–water partition coefficient (Wildman–Crippen LogP) is 9.17. The summed E-state index contributed by atoms with van der Waals surface area (Å²) in [6, 6.07) is 52.1. The molecule has 0 aliphatic carbocycles. The Labute approximate surface area is 374 Å². The summed E-state index contributed by atoms with van der Waals surface area (Å²) >= 11 is 0. The van der Waals surface area contributed by atoms with Crippen LogP contribution in [0.3, 0.4) is 0 Å². The summed E-state index contributed by atoms with van der Waals surface area (Å²) in [5.74, 6) is -1.34. The van der Waals surface area contributed by atoms with E-state index in [-0.39, 0.29) is 51.0 Å². The Morgan fingerprint density at radius 2 is 1.11 bits per heavy atom. The fraction of sp³-hybridized carbons (Fsp3) is 0.212. The fourth-order valence-corrected chi connectivity index (χ4v) is 7.33. The molecule has 6 aromatic rings. The monoisotopic (exact) mass is 859 g/mol. The SMILES string of the molecule is COc1ccc([C@@H](C)N(C(=O)C(c2ccccc2)c2ccccc2)[C@H](CCCN(C(=O)OCc2ccccc2)C(=NC(=O)OCc2ccccc2)NCc2ccccc2)C(N)=O)cc1. The van der Waals surface area contributed by atoms with Gasteiger partial charge in [-0.05, 0) is 65.3 Å². The molecule has 328 valence electrons. The number of nitrogens with one attached hydrogen (secondary N) is 1. The Balaban J connectivity index is 1.34. The highest BCUT2D eigenvalue weighted by Crippen LogP contribution is 2.34. The smallest absolute Gasteiger partial charge is 0.437 e. The summed E-state index contributed by atoms with van der Waals surface area (Å²) in [6.07, 6.45) is -1.58. The normalized spacial score (nSPS) is 12.1. The minimum Gasteiger partial charge on any atom is -0.497 e. The van der Waals surface area contributed by atoms with E-state index in [0.29, 0.717) is 5.75 Å². The lowest BCUT2D eigenvalue weighted by molar-refractivity contribution is -0.142. The van der Waals surface area contributed by atoms with Gasteiger partial charge in [0.05, 0.1) is 19.1 Å². The second-order valence-corrected chi connectivity index (χ2v) is 15.0. The number of benzene rings is 6. The van der Waals surface area contributed by atoms with Crippen molar-refractivity contribution in [2.75, 3.05) is 13.7 Å². The highest BCUT2D eigenvalue weighted by atomic mass is 16.6. The van der Waals surface area contributed by atoms with E-state index in [2.05, 4.69) is 10.3 Å². The summed E-state index contributed by atoms with van der Waals surface area (Å²) < 4.78 is 16.8. The number of carbonyl (C=O) groups is 4. The number of methoxy groups -OCH3 is 1. The van der Waals surface area contributed by atoms with Gasteiger partial charge in [-0.2, -0.15) is 0 Å². The topological polar surface area (TPSA) is 153 Å². The molecule has 0 saturated carbocycles. The Morgan fingerprint density at radius 1 is 0.625 bits per heavy atom. The zero-order valence-corrected chi connectivity index (χ0v) is 36.0. The molecule has 6 aromatic carbocycles. The number of guanidine groups is 1. The quantitative estimate of drug-likeness (QED) is 0.0641. The van der Waals surface area contributed by atoms with Crippen molar-refractivity contribution in [3.8, 4) is 5.75 Å². The lowest BCUT2D eigenvalue weighted by Gasteiger charge is -2.38. The first kappa shape index (κ1) is 45.8. The molecule has 0 fully saturated rings. The van der Waals surface area contributed by atoms with Gasteiger partial charge in [-0.1, -0.05) is 164 Å². The molecule has 0 radical (unpaired) electrons. The average Bonchev–Trinajstić information content (AvgIpc) is 3.34. The molecule has 0 heterocycles. The van der Waals surface area contributed by atoms with Crippen LogP contribution in [0.25, 0.3) is 0 Å². The highest BCUT2D eigenvalue weighted by molar-refractivity contribution is 5.99. The first-order chi connectivity index (χ1) is 31.2. The fourth-order valence-electron chi connectivity index (χ4n) is 7.33. The molecule has 6 rings (SSSR count). The van der Waals surface area contributed by atoms with Crippen LogP contribution in [0.2, 0.25) is 0 Å². The Morgan fingerprint density at radius 3 is 1.61 bits per heavy atom. The zero-order valence-electron chi connectivity index (χ0n) is 36.0. The molecular weight excluding hydrogens is 807 g/mol. The van der Waals surface area contributed by atoms with E-state index < -0.39 is 36.1 Å². The molecule has 0 aliphatic heterocycles. The number of primary amides is 1. The van der Waals surface area contributed by atoms with Gasteiger partial charge in [0.15, 0.2) is 0 Å². The average molecular weight is 860 g/mol. The van der Waals surface area contributed by atoms with Gasteiger partial charge >= 0.3 is 12.2 Å². The van der Waals surface area contributed by atoms with Crippen LogP contribution in [-0.4, -0.2) is 59.5 Å². The summed E-state index contributed by atoms with van der Waals surface area (Å²) in [7, 11) is 1.57. The van der Waals surface area contributed by atoms with Gasteiger partial charge in [0.2, 0.25) is 17.8 Å². The maximum absolute atomic E-state index is 15.3. The van der Waals surface area contributed by atoms with Gasteiger partial charge in [0.1, 0.15) is 25.0 Å². The van der Waals surface area contributed by atoms with Gasteiger partial charge in [-0.25, -0.2) is 14.5 Å². The number of nitrogens with zero attached hydrogens (tertiary/aromatic N) is 3. The molecule has 64 heavy (non-hydrogen) atoms. The molecule has 0 unspecified atom stereocenters. The number of amides is 4. The molecule has 0 spiro atoms. The van der Waals surface area contributed by atoms with E-state index in [1.807, 2.05) is 171 Å². The molecule has 0 bridgehead atoms. The van der Waals surface area contributed by atoms with Crippen molar-refractivity contribution in [1.82, 2.24) is 15.1 Å². The summed E-state index contributed by atoms with van der Waals surface area (Å²) in [6.45, 7) is 1.85. The maximum atomic E-state index is 15.3. The largest absolute Gasteiger partial charge is 0.497 e. The number of carbonyl (C=O) groups excluding carboxylic acids is 4.